The molecule has 0 saturated carbocycles. The number of rotatable bonds is 8. The summed E-state index contributed by atoms with van der Waals surface area (Å²) in [6.07, 6.45) is 5.90. The lowest BCUT2D eigenvalue weighted by atomic mass is 10.00. The van der Waals surface area contributed by atoms with Crippen molar-refractivity contribution in [2.45, 2.75) is 47.1 Å². The van der Waals surface area contributed by atoms with Gasteiger partial charge in [0.1, 0.15) is 17.9 Å². The zero-order valence-corrected chi connectivity index (χ0v) is 18.5. The van der Waals surface area contributed by atoms with E-state index in [0.29, 0.717) is 36.5 Å². The fraction of sp³-hybridized carbons (Fsp3) is 0.320. The van der Waals surface area contributed by atoms with Crippen molar-refractivity contribution in [1.29, 1.82) is 0 Å². The first-order valence-corrected chi connectivity index (χ1v) is 10.3. The second kappa shape index (κ2) is 10.1. The first-order valence-electron chi connectivity index (χ1n) is 10.3. The van der Waals surface area contributed by atoms with E-state index in [1.165, 1.54) is 5.57 Å². The fourth-order valence-electron chi connectivity index (χ4n) is 3.34. The van der Waals surface area contributed by atoms with Crippen molar-refractivity contribution >= 4 is 16.9 Å². The molecule has 31 heavy (non-hydrogen) atoms. The normalized spacial score (nSPS) is 10.7. The van der Waals surface area contributed by atoms with Crippen molar-refractivity contribution in [1.82, 2.24) is 10.3 Å². The molecule has 2 aromatic heterocycles. The monoisotopic (exact) mass is 420 g/mol. The van der Waals surface area contributed by atoms with Gasteiger partial charge in [-0.05, 0) is 75.6 Å². The van der Waals surface area contributed by atoms with Gasteiger partial charge in [-0.25, -0.2) is 4.79 Å². The Balaban J connectivity index is 1.73. The molecule has 0 aliphatic carbocycles. The van der Waals surface area contributed by atoms with Crippen molar-refractivity contribution in [2.75, 3.05) is 6.61 Å². The molecule has 6 nitrogen and oxygen atoms in total. The molecular formula is C25H28N2O4. The largest absolute Gasteiger partial charge is 0.489 e. The van der Waals surface area contributed by atoms with E-state index in [2.05, 4.69) is 10.3 Å². The number of hydrogen-bond acceptors (Lipinski definition) is 5. The predicted octanol–water partition coefficient (Wildman–Crippen LogP) is 4.40. The van der Waals surface area contributed by atoms with E-state index in [4.69, 9.17) is 9.15 Å². The number of aromatic nitrogens is 1. The Morgan fingerprint density at radius 3 is 2.58 bits per heavy atom. The second-order valence-corrected chi connectivity index (χ2v) is 7.78. The summed E-state index contributed by atoms with van der Waals surface area (Å²) in [5, 5.41) is 3.73. The summed E-state index contributed by atoms with van der Waals surface area (Å²) in [7, 11) is 0. The number of ether oxygens (including phenoxy) is 1. The molecular weight excluding hydrogens is 392 g/mol. The summed E-state index contributed by atoms with van der Waals surface area (Å²) < 4.78 is 11.5. The summed E-state index contributed by atoms with van der Waals surface area (Å²) in [6.45, 7) is 8.70. The number of aryl methyl sites for hydroxylation is 2. The van der Waals surface area contributed by atoms with Gasteiger partial charge < -0.3 is 14.5 Å². The van der Waals surface area contributed by atoms with Crippen LogP contribution in [0.1, 0.15) is 42.5 Å². The number of nitrogens with zero attached hydrogens (tertiary/aromatic N) is 1. The van der Waals surface area contributed by atoms with Gasteiger partial charge in [0.25, 0.3) is 0 Å². The third-order valence-electron chi connectivity index (χ3n) is 5.23. The quantitative estimate of drug-likeness (QED) is 0.431. The molecule has 0 fully saturated rings. The number of amides is 1. The van der Waals surface area contributed by atoms with Gasteiger partial charge in [0.2, 0.25) is 5.91 Å². The van der Waals surface area contributed by atoms with E-state index in [-0.39, 0.29) is 12.3 Å². The van der Waals surface area contributed by atoms with Gasteiger partial charge in [-0.3, -0.25) is 9.78 Å². The lowest BCUT2D eigenvalue weighted by Gasteiger charge is -2.13. The fourth-order valence-corrected chi connectivity index (χ4v) is 3.34. The SMILES string of the molecule is CC(C)=CCOc1ccc2c(C)c(CCC(=O)NCc3ccncc3)c(=O)oc2c1C. The number of carbonyl (C=O) groups excluding carboxylic acids is 1. The van der Waals surface area contributed by atoms with E-state index in [9.17, 15) is 9.59 Å². The number of fused-ring (bicyclic) bond motifs is 1. The molecule has 0 unspecified atom stereocenters. The molecule has 1 aromatic carbocycles. The Hall–Kier alpha value is -3.41. The highest BCUT2D eigenvalue weighted by Gasteiger charge is 2.16. The lowest BCUT2D eigenvalue weighted by Crippen LogP contribution is -2.24. The Bertz CT molecular complexity index is 1160. The molecule has 6 heteroatoms. The molecule has 0 atom stereocenters. The van der Waals surface area contributed by atoms with Gasteiger partial charge in [-0.2, -0.15) is 0 Å². The van der Waals surface area contributed by atoms with Crippen molar-refractivity contribution < 1.29 is 13.9 Å². The molecule has 162 valence electrons. The molecule has 3 aromatic rings. The predicted molar refractivity (Wildman–Crippen MR) is 121 cm³/mol. The highest BCUT2D eigenvalue weighted by atomic mass is 16.5. The standard InChI is InChI=1S/C25H28N2O4/c1-16(2)11-14-30-22-7-5-20-17(3)21(25(29)31-24(20)18(22)4)6-8-23(28)27-15-19-9-12-26-13-10-19/h5,7,9-13H,6,8,14-15H2,1-4H3,(H,27,28). The zero-order valence-electron chi connectivity index (χ0n) is 18.5. The highest BCUT2D eigenvalue weighted by Crippen LogP contribution is 2.29. The summed E-state index contributed by atoms with van der Waals surface area (Å²) in [6, 6.07) is 7.50. The molecule has 3 rings (SSSR count). The molecule has 1 amide bonds. The molecule has 0 spiro atoms. The molecule has 0 aliphatic heterocycles. The van der Waals surface area contributed by atoms with Gasteiger partial charge in [0.15, 0.2) is 0 Å². The maximum Gasteiger partial charge on any atom is 0.339 e. The van der Waals surface area contributed by atoms with Crippen molar-refractivity contribution in [3.63, 3.8) is 0 Å². The minimum atomic E-state index is -0.406. The van der Waals surface area contributed by atoms with Crippen LogP contribution in [0.4, 0.5) is 0 Å². The number of allylic oxidation sites excluding steroid dienone is 1. The maximum absolute atomic E-state index is 12.7. The van der Waals surface area contributed by atoms with Crippen molar-refractivity contribution in [3.05, 3.63) is 81.0 Å². The van der Waals surface area contributed by atoms with Crippen LogP contribution in [0, 0.1) is 13.8 Å². The third kappa shape index (κ3) is 5.60. The molecule has 0 radical (unpaired) electrons. The van der Waals surface area contributed by atoms with Gasteiger partial charge in [-0.15, -0.1) is 0 Å². The Morgan fingerprint density at radius 2 is 1.87 bits per heavy atom. The smallest absolute Gasteiger partial charge is 0.339 e. The van der Waals surface area contributed by atoms with E-state index in [1.54, 1.807) is 12.4 Å². The zero-order chi connectivity index (χ0) is 22.4. The topological polar surface area (TPSA) is 81.4 Å². The number of nitrogens with one attached hydrogen (secondary N) is 1. The van der Waals surface area contributed by atoms with E-state index >= 15 is 0 Å². The van der Waals surface area contributed by atoms with Crippen LogP contribution in [0.2, 0.25) is 0 Å². The Labute approximate surface area is 182 Å². The first kappa shape index (κ1) is 22.3. The summed E-state index contributed by atoms with van der Waals surface area (Å²) in [4.78, 5) is 28.9. The van der Waals surface area contributed by atoms with E-state index in [1.807, 2.05) is 58.0 Å². The lowest BCUT2D eigenvalue weighted by molar-refractivity contribution is -0.121. The average Bonchev–Trinajstić information content (AvgIpc) is 2.74. The summed E-state index contributed by atoms with van der Waals surface area (Å²) in [5.74, 6) is 0.575. The number of carbonyl (C=O) groups is 1. The Kier molecular flexibility index (Phi) is 7.23. The second-order valence-electron chi connectivity index (χ2n) is 7.78. The van der Waals surface area contributed by atoms with E-state index in [0.717, 1.165) is 22.1 Å². The highest BCUT2D eigenvalue weighted by molar-refractivity contribution is 5.85. The molecule has 0 saturated heterocycles. The first-order chi connectivity index (χ1) is 14.9. The van der Waals surface area contributed by atoms with Gasteiger partial charge in [-0.1, -0.05) is 5.57 Å². The number of pyridine rings is 1. The van der Waals surface area contributed by atoms with Gasteiger partial charge in [0, 0.05) is 41.9 Å². The van der Waals surface area contributed by atoms with Gasteiger partial charge in [0.05, 0.1) is 0 Å². The van der Waals surface area contributed by atoms with Crippen LogP contribution in [0.3, 0.4) is 0 Å². The van der Waals surface area contributed by atoms with Crippen LogP contribution in [0.15, 0.2) is 57.5 Å². The summed E-state index contributed by atoms with van der Waals surface area (Å²) in [5.41, 5.74) is 4.44. The average molecular weight is 421 g/mol. The molecule has 2 heterocycles. The number of hydrogen-bond donors (Lipinski definition) is 1. The number of benzene rings is 1. The summed E-state index contributed by atoms with van der Waals surface area (Å²) >= 11 is 0. The minimum Gasteiger partial charge on any atom is -0.489 e. The molecule has 0 aliphatic rings. The van der Waals surface area contributed by atoms with E-state index < -0.39 is 5.63 Å². The molecule has 1 N–H and O–H groups in total. The van der Waals surface area contributed by atoms with Crippen LogP contribution in [-0.4, -0.2) is 17.5 Å². The van der Waals surface area contributed by atoms with Crippen LogP contribution in [0.5, 0.6) is 5.75 Å². The minimum absolute atomic E-state index is 0.116. The van der Waals surface area contributed by atoms with Crippen LogP contribution in [-0.2, 0) is 17.8 Å². The van der Waals surface area contributed by atoms with Crippen LogP contribution >= 0.6 is 0 Å². The Morgan fingerprint density at radius 1 is 1.13 bits per heavy atom. The molecule has 0 bridgehead atoms. The van der Waals surface area contributed by atoms with Crippen molar-refractivity contribution in [2.24, 2.45) is 0 Å². The van der Waals surface area contributed by atoms with Gasteiger partial charge >= 0.3 is 5.63 Å². The van der Waals surface area contributed by atoms with Crippen LogP contribution in [0.25, 0.3) is 11.0 Å². The van der Waals surface area contributed by atoms with Crippen LogP contribution < -0.4 is 15.7 Å². The third-order valence-corrected chi connectivity index (χ3v) is 5.23. The van der Waals surface area contributed by atoms with Crippen molar-refractivity contribution in [3.8, 4) is 5.75 Å². The maximum atomic E-state index is 12.7.